The average Bonchev–Trinajstić information content (AvgIpc) is 2.35. The quantitative estimate of drug-likeness (QED) is 0.870. The van der Waals surface area contributed by atoms with Crippen LogP contribution in [0.5, 0.6) is 11.5 Å². The van der Waals surface area contributed by atoms with Gasteiger partial charge in [0.15, 0.2) is 11.5 Å². The van der Waals surface area contributed by atoms with Crippen molar-refractivity contribution in [3.05, 3.63) is 23.3 Å². The summed E-state index contributed by atoms with van der Waals surface area (Å²) in [7, 11) is 0. The van der Waals surface area contributed by atoms with Crippen molar-refractivity contribution in [3.8, 4) is 11.5 Å². The topological polar surface area (TPSA) is 47.6 Å². The molecular weight excluding hydrogens is 218 g/mol. The summed E-state index contributed by atoms with van der Waals surface area (Å²) in [6.45, 7) is 5.71. The van der Waals surface area contributed by atoms with Gasteiger partial charge in [0.25, 0.3) is 5.91 Å². The Hall–Kier alpha value is -1.71. The van der Waals surface area contributed by atoms with Crippen LogP contribution >= 0.6 is 0 Å². The number of carbonyl (C=O) groups excluding carboxylic acids is 1. The van der Waals surface area contributed by atoms with Crippen molar-refractivity contribution < 1.29 is 14.3 Å². The maximum atomic E-state index is 11.9. The van der Waals surface area contributed by atoms with Gasteiger partial charge in [-0.05, 0) is 31.0 Å². The van der Waals surface area contributed by atoms with Crippen LogP contribution in [0, 0.1) is 6.92 Å². The Bertz CT molecular complexity index is 429. The molecule has 0 spiro atoms. The third-order valence-electron chi connectivity index (χ3n) is 2.67. The lowest BCUT2D eigenvalue weighted by atomic mass is 10.1. The smallest absolute Gasteiger partial charge is 0.251 e. The van der Waals surface area contributed by atoms with Gasteiger partial charge in [-0.25, -0.2) is 0 Å². The van der Waals surface area contributed by atoms with Gasteiger partial charge in [-0.2, -0.15) is 0 Å². The van der Waals surface area contributed by atoms with Gasteiger partial charge >= 0.3 is 0 Å². The average molecular weight is 235 g/mol. The summed E-state index contributed by atoms with van der Waals surface area (Å²) in [6.07, 6.45) is 0.926. The number of aryl methyl sites for hydroxylation is 1. The zero-order valence-electron chi connectivity index (χ0n) is 10.2. The molecule has 0 fully saturated rings. The van der Waals surface area contributed by atoms with E-state index in [0.717, 1.165) is 17.7 Å². The Kier molecular flexibility index (Phi) is 3.52. The number of fused-ring (bicyclic) bond motifs is 1. The number of carbonyl (C=O) groups is 1. The standard InChI is InChI=1S/C13H17NO3/c1-3-4-14-13(15)10-8-12-11(7-9(10)2)16-5-6-17-12/h7-8H,3-6H2,1-2H3,(H,14,15). The van der Waals surface area contributed by atoms with Gasteiger partial charge in [-0.15, -0.1) is 0 Å². The normalized spacial score (nSPS) is 13.3. The second-order valence-corrected chi connectivity index (χ2v) is 4.07. The third kappa shape index (κ3) is 2.52. The summed E-state index contributed by atoms with van der Waals surface area (Å²) < 4.78 is 10.9. The van der Waals surface area contributed by atoms with Crippen LogP contribution in [0.3, 0.4) is 0 Å². The molecule has 0 aromatic heterocycles. The highest BCUT2D eigenvalue weighted by Crippen LogP contribution is 2.32. The van der Waals surface area contributed by atoms with Crippen LogP contribution in [-0.2, 0) is 0 Å². The number of nitrogens with one attached hydrogen (secondary N) is 1. The molecule has 4 heteroatoms. The Labute approximate surface area is 101 Å². The van der Waals surface area contributed by atoms with Crippen molar-refractivity contribution in [1.29, 1.82) is 0 Å². The first kappa shape index (κ1) is 11.8. The first-order valence-electron chi connectivity index (χ1n) is 5.91. The Balaban J connectivity index is 2.25. The Morgan fingerprint density at radius 2 is 1.94 bits per heavy atom. The second-order valence-electron chi connectivity index (χ2n) is 4.07. The summed E-state index contributed by atoms with van der Waals surface area (Å²) in [6, 6.07) is 3.62. The highest BCUT2D eigenvalue weighted by atomic mass is 16.6. The number of hydrogen-bond acceptors (Lipinski definition) is 3. The monoisotopic (exact) mass is 235 g/mol. The number of benzene rings is 1. The highest BCUT2D eigenvalue weighted by Gasteiger charge is 2.17. The predicted octanol–water partition coefficient (Wildman–Crippen LogP) is 1.91. The van der Waals surface area contributed by atoms with E-state index in [1.54, 1.807) is 6.07 Å². The zero-order chi connectivity index (χ0) is 12.3. The predicted molar refractivity (Wildman–Crippen MR) is 64.8 cm³/mol. The van der Waals surface area contributed by atoms with E-state index in [1.807, 2.05) is 19.9 Å². The SMILES string of the molecule is CCCNC(=O)c1cc2c(cc1C)OCCO2. The molecule has 1 amide bonds. The number of amides is 1. The molecule has 2 rings (SSSR count). The third-order valence-corrected chi connectivity index (χ3v) is 2.67. The molecule has 0 unspecified atom stereocenters. The van der Waals surface area contributed by atoms with Crippen molar-refractivity contribution in [2.45, 2.75) is 20.3 Å². The van der Waals surface area contributed by atoms with E-state index in [2.05, 4.69) is 5.32 Å². The molecule has 17 heavy (non-hydrogen) atoms. The minimum absolute atomic E-state index is 0.0543. The van der Waals surface area contributed by atoms with Crippen LogP contribution in [0.25, 0.3) is 0 Å². The lowest BCUT2D eigenvalue weighted by molar-refractivity contribution is 0.0951. The minimum atomic E-state index is -0.0543. The van der Waals surface area contributed by atoms with Crippen molar-refractivity contribution in [1.82, 2.24) is 5.32 Å². The van der Waals surface area contributed by atoms with Crippen LogP contribution in [0.15, 0.2) is 12.1 Å². The molecule has 0 saturated carbocycles. The molecule has 0 saturated heterocycles. The number of ether oxygens (including phenoxy) is 2. The van der Waals surface area contributed by atoms with Crippen LogP contribution in [0.4, 0.5) is 0 Å². The lowest BCUT2D eigenvalue weighted by Crippen LogP contribution is -2.25. The van der Waals surface area contributed by atoms with Gasteiger partial charge in [0.2, 0.25) is 0 Å². The van der Waals surface area contributed by atoms with Crippen LogP contribution in [0.2, 0.25) is 0 Å². The molecule has 4 nitrogen and oxygen atoms in total. The van der Waals surface area contributed by atoms with E-state index in [-0.39, 0.29) is 5.91 Å². The Morgan fingerprint density at radius 3 is 2.59 bits per heavy atom. The minimum Gasteiger partial charge on any atom is -0.486 e. The van der Waals surface area contributed by atoms with Gasteiger partial charge in [0.1, 0.15) is 13.2 Å². The van der Waals surface area contributed by atoms with Crippen LogP contribution in [0.1, 0.15) is 29.3 Å². The van der Waals surface area contributed by atoms with E-state index >= 15 is 0 Å². The molecule has 0 radical (unpaired) electrons. The fraction of sp³-hybridized carbons (Fsp3) is 0.462. The van der Waals surface area contributed by atoms with Crippen molar-refractivity contribution in [2.75, 3.05) is 19.8 Å². The van der Waals surface area contributed by atoms with Crippen molar-refractivity contribution in [3.63, 3.8) is 0 Å². The number of hydrogen-bond donors (Lipinski definition) is 1. The molecule has 0 aliphatic carbocycles. The molecule has 1 aliphatic rings. The fourth-order valence-electron chi connectivity index (χ4n) is 1.77. The fourth-order valence-corrected chi connectivity index (χ4v) is 1.77. The molecule has 0 atom stereocenters. The van der Waals surface area contributed by atoms with Gasteiger partial charge in [-0.3, -0.25) is 4.79 Å². The van der Waals surface area contributed by atoms with Crippen molar-refractivity contribution >= 4 is 5.91 Å². The Morgan fingerprint density at radius 1 is 1.29 bits per heavy atom. The molecule has 1 aromatic carbocycles. The van der Waals surface area contributed by atoms with Gasteiger partial charge in [-0.1, -0.05) is 6.92 Å². The maximum absolute atomic E-state index is 11.9. The molecule has 0 bridgehead atoms. The van der Waals surface area contributed by atoms with Gasteiger partial charge < -0.3 is 14.8 Å². The number of rotatable bonds is 3. The van der Waals surface area contributed by atoms with Crippen LogP contribution in [-0.4, -0.2) is 25.7 Å². The van der Waals surface area contributed by atoms with E-state index in [4.69, 9.17) is 9.47 Å². The summed E-state index contributed by atoms with van der Waals surface area (Å²) >= 11 is 0. The molecule has 1 aromatic rings. The molecular formula is C13H17NO3. The molecule has 1 N–H and O–H groups in total. The summed E-state index contributed by atoms with van der Waals surface area (Å²) in [5.74, 6) is 1.32. The van der Waals surface area contributed by atoms with E-state index in [9.17, 15) is 4.79 Å². The summed E-state index contributed by atoms with van der Waals surface area (Å²) in [5.41, 5.74) is 1.56. The first-order chi connectivity index (χ1) is 8.22. The largest absolute Gasteiger partial charge is 0.486 e. The maximum Gasteiger partial charge on any atom is 0.251 e. The molecule has 92 valence electrons. The van der Waals surface area contributed by atoms with E-state index < -0.39 is 0 Å². The second kappa shape index (κ2) is 5.08. The van der Waals surface area contributed by atoms with Gasteiger partial charge in [0, 0.05) is 12.1 Å². The molecule has 1 aliphatic heterocycles. The molecule has 1 heterocycles. The van der Waals surface area contributed by atoms with Crippen molar-refractivity contribution in [2.24, 2.45) is 0 Å². The van der Waals surface area contributed by atoms with Crippen LogP contribution < -0.4 is 14.8 Å². The highest BCUT2D eigenvalue weighted by molar-refractivity contribution is 5.96. The zero-order valence-corrected chi connectivity index (χ0v) is 10.2. The lowest BCUT2D eigenvalue weighted by Gasteiger charge is -2.20. The summed E-state index contributed by atoms with van der Waals surface area (Å²) in [4.78, 5) is 11.9. The van der Waals surface area contributed by atoms with Gasteiger partial charge in [0.05, 0.1) is 0 Å². The first-order valence-corrected chi connectivity index (χ1v) is 5.91. The van der Waals surface area contributed by atoms with E-state index in [1.165, 1.54) is 0 Å². The van der Waals surface area contributed by atoms with E-state index in [0.29, 0.717) is 31.1 Å². The summed E-state index contributed by atoms with van der Waals surface area (Å²) in [5, 5.41) is 2.86.